The molecule has 2 heteroatoms. The Morgan fingerprint density at radius 1 is 0.955 bits per heavy atom. The second-order valence-corrected chi connectivity index (χ2v) is 10.5. The smallest absolute Gasteiger partial charge is 0.135 e. The zero-order valence-electron chi connectivity index (χ0n) is 16.5. The van der Waals surface area contributed by atoms with Gasteiger partial charge in [0, 0.05) is 12.0 Å². The third-order valence-corrected chi connectivity index (χ3v) is 6.03. The van der Waals surface area contributed by atoms with Gasteiger partial charge in [0.2, 0.25) is 0 Å². The van der Waals surface area contributed by atoms with Crippen molar-refractivity contribution in [1.82, 2.24) is 0 Å². The summed E-state index contributed by atoms with van der Waals surface area (Å²) >= 11 is 0. The van der Waals surface area contributed by atoms with Gasteiger partial charge in [-0.25, -0.2) is 0 Å². The van der Waals surface area contributed by atoms with E-state index in [0.717, 1.165) is 19.3 Å². The molecule has 1 aliphatic rings. The van der Waals surface area contributed by atoms with Gasteiger partial charge in [-0.15, -0.1) is 0 Å². The van der Waals surface area contributed by atoms with Crippen LogP contribution in [0.5, 0.6) is 0 Å². The van der Waals surface area contributed by atoms with E-state index >= 15 is 0 Å². The Hall–Kier alpha value is -0.370. The molecule has 0 saturated heterocycles. The second kappa shape index (κ2) is 5.92. The minimum atomic E-state index is -0.0804. The molecule has 0 spiro atoms. The molecule has 0 aromatic heterocycles. The van der Waals surface area contributed by atoms with Gasteiger partial charge in [-0.2, -0.15) is 0 Å². The van der Waals surface area contributed by atoms with Crippen LogP contribution in [-0.4, -0.2) is 11.8 Å². The van der Waals surface area contributed by atoms with Crippen LogP contribution in [0.3, 0.4) is 0 Å². The van der Waals surface area contributed by atoms with Gasteiger partial charge in [-0.1, -0.05) is 55.4 Å². The van der Waals surface area contributed by atoms with Crippen LogP contribution in [0.25, 0.3) is 0 Å². The van der Waals surface area contributed by atoms with Crippen molar-refractivity contribution in [3.63, 3.8) is 0 Å². The number of hydrogen-bond acceptors (Lipinski definition) is 2. The van der Waals surface area contributed by atoms with Crippen LogP contribution in [0.1, 0.15) is 88.0 Å². The molecular formula is C20H39NO. The normalized spacial score (nSPS) is 37.7. The Bertz CT molecular complexity index is 421. The first-order valence-corrected chi connectivity index (χ1v) is 8.92. The number of carbonyl (C=O) groups excluding carboxylic acids is 1. The molecule has 1 rings (SSSR count). The fraction of sp³-hybridized carbons (Fsp3) is 0.950. The highest BCUT2D eigenvalue weighted by atomic mass is 16.1. The van der Waals surface area contributed by atoms with E-state index in [1.807, 2.05) is 0 Å². The average Bonchev–Trinajstić information content (AvgIpc) is 2.24. The highest BCUT2D eigenvalue weighted by Crippen LogP contribution is 2.54. The van der Waals surface area contributed by atoms with Crippen molar-refractivity contribution >= 4 is 5.78 Å². The van der Waals surface area contributed by atoms with E-state index in [1.54, 1.807) is 6.92 Å². The molecule has 0 aromatic rings. The summed E-state index contributed by atoms with van der Waals surface area (Å²) in [5, 5.41) is 0. The van der Waals surface area contributed by atoms with E-state index < -0.39 is 0 Å². The van der Waals surface area contributed by atoms with Gasteiger partial charge in [-0.05, 0) is 54.3 Å². The maximum atomic E-state index is 12.5. The predicted octanol–water partition coefficient (Wildman–Crippen LogP) is 5.20. The average molecular weight is 310 g/mol. The van der Waals surface area contributed by atoms with Crippen molar-refractivity contribution in [2.75, 3.05) is 0 Å². The predicted molar refractivity (Wildman–Crippen MR) is 95.7 cm³/mol. The zero-order valence-corrected chi connectivity index (χ0v) is 16.5. The molecule has 0 radical (unpaired) electrons. The summed E-state index contributed by atoms with van der Waals surface area (Å²) in [6, 6.07) is -0.0804. The Balaban J connectivity index is 3.47. The molecule has 2 N–H and O–H groups in total. The third-order valence-electron chi connectivity index (χ3n) is 6.03. The summed E-state index contributed by atoms with van der Waals surface area (Å²) < 4.78 is 0. The van der Waals surface area contributed by atoms with E-state index in [4.69, 9.17) is 5.73 Å². The number of rotatable bonds is 2. The van der Waals surface area contributed by atoms with Crippen LogP contribution in [0.15, 0.2) is 0 Å². The number of carbonyl (C=O) groups is 1. The Morgan fingerprint density at radius 2 is 1.41 bits per heavy atom. The van der Waals surface area contributed by atoms with Crippen molar-refractivity contribution < 1.29 is 4.79 Å². The molecule has 0 aliphatic heterocycles. The lowest BCUT2D eigenvalue weighted by Gasteiger charge is -2.46. The second-order valence-electron chi connectivity index (χ2n) is 10.5. The molecule has 0 bridgehead atoms. The number of ketones is 1. The van der Waals surface area contributed by atoms with Crippen molar-refractivity contribution in [2.24, 2.45) is 33.3 Å². The fourth-order valence-electron chi connectivity index (χ4n) is 5.95. The molecule has 2 nitrogen and oxygen atoms in total. The van der Waals surface area contributed by atoms with Gasteiger partial charge in [0.05, 0.1) is 0 Å². The Kier molecular flexibility index (Phi) is 5.30. The molecule has 130 valence electrons. The fourth-order valence-corrected chi connectivity index (χ4v) is 5.95. The number of nitrogens with two attached hydrogens (primary N) is 1. The van der Waals surface area contributed by atoms with Crippen LogP contribution in [0.2, 0.25) is 0 Å². The van der Waals surface area contributed by atoms with E-state index in [0.29, 0.717) is 0 Å². The van der Waals surface area contributed by atoms with Gasteiger partial charge in [0.1, 0.15) is 5.78 Å². The van der Waals surface area contributed by atoms with Gasteiger partial charge < -0.3 is 5.73 Å². The molecule has 1 aliphatic carbocycles. The molecule has 3 atom stereocenters. The van der Waals surface area contributed by atoms with Gasteiger partial charge >= 0.3 is 0 Å². The first kappa shape index (κ1) is 19.7. The van der Waals surface area contributed by atoms with E-state index in [2.05, 4.69) is 55.4 Å². The molecule has 1 saturated carbocycles. The monoisotopic (exact) mass is 309 g/mol. The van der Waals surface area contributed by atoms with Crippen LogP contribution in [0.4, 0.5) is 0 Å². The van der Waals surface area contributed by atoms with Crippen LogP contribution in [0, 0.1) is 27.6 Å². The van der Waals surface area contributed by atoms with Crippen LogP contribution < -0.4 is 5.73 Å². The molecule has 0 heterocycles. The van der Waals surface area contributed by atoms with E-state index in [9.17, 15) is 4.79 Å². The van der Waals surface area contributed by atoms with Gasteiger partial charge in [-0.3, -0.25) is 4.79 Å². The molecule has 0 amide bonds. The molecule has 22 heavy (non-hydrogen) atoms. The lowest BCUT2D eigenvalue weighted by atomic mass is 9.59. The van der Waals surface area contributed by atoms with Crippen molar-refractivity contribution in [3.8, 4) is 0 Å². The quantitative estimate of drug-likeness (QED) is 0.762. The Morgan fingerprint density at radius 3 is 1.82 bits per heavy atom. The SMILES string of the molecule is CCC1(C)CC(C)(C)CC(C)(C)CC(C)(C)C(N)C1C(C)=O. The lowest BCUT2D eigenvalue weighted by Crippen LogP contribution is -2.53. The zero-order chi connectivity index (χ0) is 17.6. The van der Waals surface area contributed by atoms with Crippen molar-refractivity contribution in [3.05, 3.63) is 0 Å². The number of Topliss-reactive ketones (excluding diaryl/α,β-unsaturated/α-hetero) is 1. The Labute approximate surface area is 138 Å². The standard InChI is InChI=1S/C20H39NO/c1-10-20(9)13-18(5,6)11-17(3,4)12-19(7,8)16(21)15(20)14(2)22/h15-16H,10-13,21H2,1-9H3. The molecule has 3 unspecified atom stereocenters. The molecule has 1 fully saturated rings. The highest BCUT2D eigenvalue weighted by molar-refractivity contribution is 5.80. The lowest BCUT2D eigenvalue weighted by molar-refractivity contribution is -0.128. The largest absolute Gasteiger partial charge is 0.327 e. The summed E-state index contributed by atoms with van der Waals surface area (Å²) in [5.74, 6) is 0.209. The summed E-state index contributed by atoms with van der Waals surface area (Å²) in [5.41, 5.74) is 7.15. The highest BCUT2D eigenvalue weighted by Gasteiger charge is 2.50. The first-order chi connectivity index (χ1) is 9.66. The van der Waals surface area contributed by atoms with E-state index in [1.165, 1.54) is 6.42 Å². The topological polar surface area (TPSA) is 43.1 Å². The van der Waals surface area contributed by atoms with Crippen LogP contribution in [-0.2, 0) is 4.79 Å². The van der Waals surface area contributed by atoms with Gasteiger partial charge in [0.15, 0.2) is 0 Å². The van der Waals surface area contributed by atoms with E-state index in [-0.39, 0.29) is 39.4 Å². The summed E-state index contributed by atoms with van der Waals surface area (Å²) in [4.78, 5) is 12.5. The third kappa shape index (κ3) is 4.13. The van der Waals surface area contributed by atoms with Crippen molar-refractivity contribution in [2.45, 2.75) is 94.0 Å². The minimum Gasteiger partial charge on any atom is -0.327 e. The summed E-state index contributed by atoms with van der Waals surface area (Å²) in [6.45, 7) is 20.2. The first-order valence-electron chi connectivity index (χ1n) is 8.92. The maximum absolute atomic E-state index is 12.5. The minimum absolute atomic E-state index is 0.0214. The van der Waals surface area contributed by atoms with Crippen LogP contribution >= 0.6 is 0 Å². The maximum Gasteiger partial charge on any atom is 0.135 e. The summed E-state index contributed by atoms with van der Waals surface area (Å²) in [7, 11) is 0. The van der Waals surface area contributed by atoms with Gasteiger partial charge in [0.25, 0.3) is 0 Å². The number of hydrogen-bond donors (Lipinski definition) is 1. The summed E-state index contributed by atoms with van der Waals surface area (Å²) in [6.07, 6.45) is 4.31. The molecule has 0 aromatic carbocycles. The van der Waals surface area contributed by atoms with Crippen molar-refractivity contribution in [1.29, 1.82) is 0 Å². The molecular weight excluding hydrogens is 270 g/mol.